The summed E-state index contributed by atoms with van der Waals surface area (Å²) < 4.78 is 0. The Kier molecular flexibility index (Phi) is 6.43. The van der Waals surface area contributed by atoms with Crippen molar-refractivity contribution in [2.45, 2.75) is 26.4 Å². The molecule has 1 rings (SSSR count). The summed E-state index contributed by atoms with van der Waals surface area (Å²) in [7, 11) is 0. The van der Waals surface area contributed by atoms with E-state index in [9.17, 15) is 0 Å². The van der Waals surface area contributed by atoms with E-state index < -0.39 is 0 Å². The van der Waals surface area contributed by atoms with Crippen LogP contribution in [-0.2, 0) is 6.54 Å². The fourth-order valence-corrected chi connectivity index (χ4v) is 2.44. The normalized spacial score (nSPS) is 11.1. The molecule has 0 spiro atoms. The van der Waals surface area contributed by atoms with Crippen LogP contribution in [0.2, 0.25) is 0 Å². The highest BCUT2D eigenvalue weighted by molar-refractivity contribution is 7.15. The van der Waals surface area contributed by atoms with Crippen LogP contribution in [0.4, 0.5) is 5.13 Å². The van der Waals surface area contributed by atoms with Crippen LogP contribution in [0.5, 0.6) is 0 Å². The summed E-state index contributed by atoms with van der Waals surface area (Å²) in [6, 6.07) is -0.256. The summed E-state index contributed by atoms with van der Waals surface area (Å²) in [5.74, 6) is 0. The standard InChI is InChI=1S/C11H21N3O2S/c1-3-14(4-2)11-13-6-10(17-11)5-12-9(7-15)8-16/h6,9,12,15-16H,3-5,7-8H2,1-2H3. The molecule has 0 radical (unpaired) electrons. The Balaban J connectivity index is 2.50. The van der Waals surface area contributed by atoms with Gasteiger partial charge >= 0.3 is 0 Å². The number of nitrogens with one attached hydrogen (secondary N) is 1. The van der Waals surface area contributed by atoms with Gasteiger partial charge in [-0.05, 0) is 13.8 Å². The van der Waals surface area contributed by atoms with E-state index >= 15 is 0 Å². The maximum Gasteiger partial charge on any atom is 0.185 e. The molecule has 0 aliphatic carbocycles. The zero-order chi connectivity index (χ0) is 12.7. The lowest BCUT2D eigenvalue weighted by molar-refractivity contribution is 0.170. The molecule has 0 aliphatic heterocycles. The molecule has 1 aromatic rings. The van der Waals surface area contributed by atoms with Crippen molar-refractivity contribution in [3.05, 3.63) is 11.1 Å². The SMILES string of the molecule is CCN(CC)c1ncc(CNC(CO)CO)s1. The van der Waals surface area contributed by atoms with Crippen LogP contribution in [0.25, 0.3) is 0 Å². The molecule has 0 saturated heterocycles. The Morgan fingerprint density at radius 2 is 2.00 bits per heavy atom. The molecule has 0 amide bonds. The summed E-state index contributed by atoms with van der Waals surface area (Å²) in [6.45, 7) is 6.63. The van der Waals surface area contributed by atoms with E-state index in [1.54, 1.807) is 11.3 Å². The van der Waals surface area contributed by atoms with Crippen LogP contribution in [-0.4, -0.2) is 47.5 Å². The quantitative estimate of drug-likeness (QED) is 0.632. The lowest BCUT2D eigenvalue weighted by Gasteiger charge is -2.16. The Labute approximate surface area is 106 Å². The number of hydrogen-bond acceptors (Lipinski definition) is 6. The highest BCUT2D eigenvalue weighted by Crippen LogP contribution is 2.21. The van der Waals surface area contributed by atoms with E-state index in [2.05, 4.69) is 29.0 Å². The summed E-state index contributed by atoms with van der Waals surface area (Å²) in [4.78, 5) is 7.68. The van der Waals surface area contributed by atoms with Crippen LogP contribution in [0.3, 0.4) is 0 Å². The lowest BCUT2D eigenvalue weighted by atomic mass is 10.3. The molecule has 17 heavy (non-hydrogen) atoms. The van der Waals surface area contributed by atoms with Gasteiger partial charge in [0.15, 0.2) is 5.13 Å². The fraction of sp³-hybridized carbons (Fsp3) is 0.727. The molecule has 6 heteroatoms. The molecule has 98 valence electrons. The van der Waals surface area contributed by atoms with Gasteiger partial charge in [0.1, 0.15) is 0 Å². The Morgan fingerprint density at radius 3 is 2.53 bits per heavy atom. The zero-order valence-electron chi connectivity index (χ0n) is 10.4. The van der Waals surface area contributed by atoms with Gasteiger partial charge in [0.2, 0.25) is 0 Å². The van der Waals surface area contributed by atoms with Crippen LogP contribution in [0, 0.1) is 0 Å². The van der Waals surface area contributed by atoms with Gasteiger partial charge in [-0.1, -0.05) is 0 Å². The number of aromatic nitrogens is 1. The van der Waals surface area contributed by atoms with E-state index in [4.69, 9.17) is 10.2 Å². The fourth-order valence-electron chi connectivity index (χ4n) is 1.45. The number of anilines is 1. The van der Waals surface area contributed by atoms with Gasteiger partial charge in [0.05, 0.1) is 19.3 Å². The molecule has 0 unspecified atom stereocenters. The first-order valence-electron chi connectivity index (χ1n) is 5.89. The molecule has 0 atom stereocenters. The molecule has 0 saturated carbocycles. The molecule has 5 nitrogen and oxygen atoms in total. The van der Waals surface area contributed by atoms with Gasteiger partial charge in [-0.15, -0.1) is 11.3 Å². The second kappa shape index (κ2) is 7.60. The van der Waals surface area contributed by atoms with E-state index in [-0.39, 0.29) is 19.3 Å². The highest BCUT2D eigenvalue weighted by atomic mass is 32.1. The monoisotopic (exact) mass is 259 g/mol. The Morgan fingerprint density at radius 1 is 1.35 bits per heavy atom. The van der Waals surface area contributed by atoms with Gasteiger partial charge in [-0.25, -0.2) is 4.98 Å². The Bertz CT molecular complexity index is 311. The first-order valence-corrected chi connectivity index (χ1v) is 6.71. The summed E-state index contributed by atoms with van der Waals surface area (Å²) in [5.41, 5.74) is 0. The minimum atomic E-state index is -0.256. The predicted octanol–water partition coefficient (Wildman–Crippen LogP) is 0.432. The molecule has 0 aromatic carbocycles. The zero-order valence-corrected chi connectivity index (χ0v) is 11.2. The van der Waals surface area contributed by atoms with Crippen molar-refractivity contribution in [1.82, 2.24) is 10.3 Å². The first-order chi connectivity index (χ1) is 8.24. The maximum absolute atomic E-state index is 8.93. The van der Waals surface area contributed by atoms with Crippen molar-refractivity contribution >= 4 is 16.5 Å². The maximum atomic E-state index is 8.93. The lowest BCUT2D eigenvalue weighted by Crippen LogP contribution is -2.34. The Hall–Kier alpha value is -0.690. The predicted molar refractivity (Wildman–Crippen MR) is 70.5 cm³/mol. The molecular formula is C11H21N3O2S. The average Bonchev–Trinajstić information content (AvgIpc) is 2.81. The van der Waals surface area contributed by atoms with Crippen LogP contribution < -0.4 is 10.2 Å². The number of rotatable bonds is 8. The van der Waals surface area contributed by atoms with Crippen LogP contribution in [0.15, 0.2) is 6.20 Å². The van der Waals surface area contributed by atoms with Crippen molar-refractivity contribution in [2.24, 2.45) is 0 Å². The van der Waals surface area contributed by atoms with Crippen LogP contribution in [0.1, 0.15) is 18.7 Å². The van der Waals surface area contributed by atoms with E-state index in [0.717, 1.165) is 23.1 Å². The van der Waals surface area contributed by atoms with Gasteiger partial charge in [0.25, 0.3) is 0 Å². The van der Waals surface area contributed by atoms with Crippen LogP contribution >= 0.6 is 11.3 Å². The molecule has 3 N–H and O–H groups in total. The summed E-state index contributed by atoms with van der Waals surface area (Å²) >= 11 is 1.64. The third kappa shape index (κ3) is 4.23. The highest BCUT2D eigenvalue weighted by Gasteiger charge is 2.09. The van der Waals surface area contributed by atoms with Gasteiger partial charge < -0.3 is 20.4 Å². The third-order valence-corrected chi connectivity index (χ3v) is 3.64. The third-order valence-electron chi connectivity index (χ3n) is 2.58. The number of hydrogen-bond donors (Lipinski definition) is 3. The molecule has 0 aliphatic rings. The van der Waals surface area contributed by atoms with Crippen molar-refractivity contribution in [3.63, 3.8) is 0 Å². The molecule has 0 bridgehead atoms. The smallest absolute Gasteiger partial charge is 0.185 e. The van der Waals surface area contributed by atoms with Crippen molar-refractivity contribution in [2.75, 3.05) is 31.2 Å². The van der Waals surface area contributed by atoms with E-state index in [1.165, 1.54) is 0 Å². The number of aliphatic hydroxyl groups is 2. The van der Waals surface area contributed by atoms with Gasteiger partial charge in [0, 0.05) is 30.7 Å². The van der Waals surface area contributed by atoms with Crippen molar-refractivity contribution in [3.8, 4) is 0 Å². The second-order valence-electron chi connectivity index (χ2n) is 3.72. The average molecular weight is 259 g/mol. The largest absolute Gasteiger partial charge is 0.395 e. The van der Waals surface area contributed by atoms with E-state index in [1.807, 2.05) is 6.20 Å². The van der Waals surface area contributed by atoms with Crippen molar-refractivity contribution < 1.29 is 10.2 Å². The number of thiazole rings is 1. The minimum absolute atomic E-state index is 0.0573. The summed E-state index contributed by atoms with van der Waals surface area (Å²) in [6.07, 6.45) is 1.84. The molecule has 0 fully saturated rings. The first kappa shape index (κ1) is 14.4. The number of nitrogens with zero attached hydrogens (tertiary/aromatic N) is 2. The molecule has 1 heterocycles. The topological polar surface area (TPSA) is 68.6 Å². The molecule has 1 aromatic heterocycles. The molecular weight excluding hydrogens is 238 g/mol. The number of aliphatic hydroxyl groups excluding tert-OH is 2. The van der Waals surface area contributed by atoms with E-state index in [0.29, 0.717) is 6.54 Å². The van der Waals surface area contributed by atoms with Gasteiger partial charge in [-0.2, -0.15) is 0 Å². The van der Waals surface area contributed by atoms with Gasteiger partial charge in [-0.3, -0.25) is 0 Å². The second-order valence-corrected chi connectivity index (χ2v) is 4.82. The minimum Gasteiger partial charge on any atom is -0.395 e. The van der Waals surface area contributed by atoms with Crippen molar-refractivity contribution in [1.29, 1.82) is 0 Å². The summed E-state index contributed by atoms with van der Waals surface area (Å²) in [5, 5.41) is 22.0.